The van der Waals surface area contributed by atoms with E-state index < -0.39 is 5.54 Å². The fourth-order valence-electron chi connectivity index (χ4n) is 7.70. The van der Waals surface area contributed by atoms with Crippen molar-refractivity contribution in [3.8, 4) is 0 Å². The van der Waals surface area contributed by atoms with E-state index in [1.165, 1.54) is 64.2 Å². The third-order valence-corrected chi connectivity index (χ3v) is 9.99. The summed E-state index contributed by atoms with van der Waals surface area (Å²) in [5.74, 6) is 2.22. The molecule has 0 radical (unpaired) electrons. The van der Waals surface area contributed by atoms with E-state index in [0.29, 0.717) is 30.3 Å². The van der Waals surface area contributed by atoms with E-state index >= 15 is 0 Å². The molecule has 4 aliphatic rings. The molecular formula is C32H48N4O2. The van der Waals surface area contributed by atoms with Crippen LogP contribution < -0.4 is 5.73 Å². The van der Waals surface area contributed by atoms with Gasteiger partial charge < -0.3 is 10.6 Å². The van der Waals surface area contributed by atoms with Crippen molar-refractivity contribution in [1.82, 2.24) is 9.80 Å². The predicted octanol–water partition coefficient (Wildman–Crippen LogP) is 5.87. The molecule has 1 aromatic rings. The number of aliphatic imine (C=N–C) groups is 1. The standard InChI is InChI=1S/C32H48N4O2/c1-24(28-15-9-4-10-16-28)29(37)35-19-17-27(18-20-35)23-36-30(38)32(34-31(36)33,21-25-11-5-2-6-12-25)22-26-13-7-3-8-14-26/h4,9-10,15-16,24-27H,2-3,5-8,11-14,17-23H2,1H3,(H2,33,34). The minimum absolute atomic E-state index is 0.129. The van der Waals surface area contributed by atoms with Crippen LogP contribution >= 0.6 is 0 Å². The summed E-state index contributed by atoms with van der Waals surface area (Å²) < 4.78 is 0. The van der Waals surface area contributed by atoms with E-state index in [0.717, 1.165) is 44.3 Å². The molecule has 1 saturated heterocycles. The molecule has 2 aliphatic heterocycles. The molecule has 2 aliphatic carbocycles. The minimum Gasteiger partial charge on any atom is -0.369 e. The normalized spacial score (nSPS) is 24.4. The van der Waals surface area contributed by atoms with Crippen LogP contribution in [0.4, 0.5) is 0 Å². The van der Waals surface area contributed by atoms with Gasteiger partial charge in [0.15, 0.2) is 5.96 Å². The maximum absolute atomic E-state index is 14.1. The Morgan fingerprint density at radius 3 is 2.00 bits per heavy atom. The lowest BCUT2D eigenvalue weighted by atomic mass is 9.73. The van der Waals surface area contributed by atoms with Gasteiger partial charge in [0, 0.05) is 19.6 Å². The summed E-state index contributed by atoms with van der Waals surface area (Å²) in [5, 5.41) is 0. The van der Waals surface area contributed by atoms with E-state index in [9.17, 15) is 9.59 Å². The van der Waals surface area contributed by atoms with Gasteiger partial charge in [0.25, 0.3) is 5.91 Å². The molecule has 1 unspecified atom stereocenters. The van der Waals surface area contributed by atoms with Crippen molar-refractivity contribution >= 4 is 17.8 Å². The Morgan fingerprint density at radius 1 is 0.895 bits per heavy atom. The lowest BCUT2D eigenvalue weighted by Gasteiger charge is -2.37. The van der Waals surface area contributed by atoms with Gasteiger partial charge in [-0.3, -0.25) is 14.5 Å². The molecule has 2 N–H and O–H groups in total. The molecule has 0 spiro atoms. The Morgan fingerprint density at radius 2 is 1.45 bits per heavy atom. The quantitative estimate of drug-likeness (QED) is 0.466. The number of nitrogens with zero attached hydrogens (tertiary/aromatic N) is 3. The van der Waals surface area contributed by atoms with Crippen molar-refractivity contribution < 1.29 is 9.59 Å². The summed E-state index contributed by atoms with van der Waals surface area (Å²) in [6.07, 6.45) is 16.2. The van der Waals surface area contributed by atoms with Crippen LogP contribution in [0.15, 0.2) is 35.3 Å². The third-order valence-electron chi connectivity index (χ3n) is 9.99. The van der Waals surface area contributed by atoms with Crippen molar-refractivity contribution in [2.45, 2.75) is 108 Å². The first kappa shape index (κ1) is 27.2. The van der Waals surface area contributed by atoms with Crippen molar-refractivity contribution in [2.75, 3.05) is 19.6 Å². The zero-order chi connectivity index (χ0) is 26.5. The molecule has 6 heteroatoms. The van der Waals surface area contributed by atoms with Gasteiger partial charge >= 0.3 is 0 Å². The van der Waals surface area contributed by atoms with E-state index in [1.807, 2.05) is 47.1 Å². The molecule has 2 amide bonds. The van der Waals surface area contributed by atoms with Crippen LogP contribution in [0.3, 0.4) is 0 Å². The van der Waals surface area contributed by atoms with E-state index in [1.54, 1.807) is 0 Å². The van der Waals surface area contributed by atoms with Gasteiger partial charge in [-0.1, -0.05) is 94.5 Å². The van der Waals surface area contributed by atoms with Crippen molar-refractivity contribution in [2.24, 2.45) is 28.5 Å². The first-order valence-electron chi connectivity index (χ1n) is 15.5. The minimum atomic E-state index is -0.643. The highest BCUT2D eigenvalue weighted by atomic mass is 16.2. The Balaban J connectivity index is 1.21. The van der Waals surface area contributed by atoms with Crippen molar-refractivity contribution in [3.05, 3.63) is 35.9 Å². The van der Waals surface area contributed by atoms with Gasteiger partial charge in [0.05, 0.1) is 5.92 Å². The smallest absolute Gasteiger partial charge is 0.257 e. The second-order valence-corrected chi connectivity index (χ2v) is 12.7. The van der Waals surface area contributed by atoms with Gasteiger partial charge in [0.2, 0.25) is 5.91 Å². The molecule has 0 bridgehead atoms. The molecule has 6 nitrogen and oxygen atoms in total. The summed E-state index contributed by atoms with van der Waals surface area (Å²) in [4.78, 5) is 36.2. The second kappa shape index (κ2) is 12.2. The maximum Gasteiger partial charge on any atom is 0.257 e. The number of hydrogen-bond acceptors (Lipinski definition) is 4. The van der Waals surface area contributed by atoms with Crippen LogP contribution in [0.2, 0.25) is 0 Å². The summed E-state index contributed by atoms with van der Waals surface area (Å²) in [6, 6.07) is 10.0. The molecule has 1 atom stereocenters. The van der Waals surface area contributed by atoms with Gasteiger partial charge in [-0.25, -0.2) is 4.99 Å². The van der Waals surface area contributed by atoms with Crippen LogP contribution in [0.5, 0.6) is 0 Å². The zero-order valence-electron chi connectivity index (χ0n) is 23.5. The van der Waals surface area contributed by atoms with Crippen molar-refractivity contribution in [3.63, 3.8) is 0 Å². The van der Waals surface area contributed by atoms with Crippen LogP contribution in [-0.2, 0) is 9.59 Å². The van der Waals surface area contributed by atoms with Gasteiger partial charge in [-0.15, -0.1) is 0 Å². The SMILES string of the molecule is CC(C(=O)N1CCC(CN2C(=O)C(CC3CCCCC3)(CC3CCCCC3)N=C2N)CC1)c1ccccc1. The Labute approximate surface area is 229 Å². The number of piperidine rings is 1. The molecule has 208 valence electrons. The fraction of sp³-hybridized carbons (Fsp3) is 0.719. The fourth-order valence-corrected chi connectivity index (χ4v) is 7.70. The number of nitrogens with two attached hydrogens (primary N) is 1. The highest BCUT2D eigenvalue weighted by Crippen LogP contribution is 2.42. The molecular weight excluding hydrogens is 472 g/mol. The van der Waals surface area contributed by atoms with Gasteiger partial charge in [0.1, 0.15) is 5.54 Å². The molecule has 2 saturated carbocycles. The van der Waals surface area contributed by atoms with Crippen LogP contribution in [-0.4, -0.2) is 52.7 Å². The number of hydrogen-bond donors (Lipinski definition) is 1. The average molecular weight is 521 g/mol. The Bertz CT molecular complexity index is 952. The highest BCUT2D eigenvalue weighted by Gasteiger charge is 2.50. The first-order chi connectivity index (χ1) is 18.4. The first-order valence-corrected chi connectivity index (χ1v) is 15.5. The topological polar surface area (TPSA) is 79.0 Å². The number of rotatable bonds is 8. The van der Waals surface area contributed by atoms with Crippen LogP contribution in [0.1, 0.15) is 108 Å². The van der Waals surface area contributed by atoms with Crippen LogP contribution in [0, 0.1) is 17.8 Å². The third kappa shape index (κ3) is 6.10. The number of amides is 2. The molecule has 3 fully saturated rings. The van der Waals surface area contributed by atoms with E-state index in [2.05, 4.69) is 0 Å². The molecule has 5 rings (SSSR count). The largest absolute Gasteiger partial charge is 0.369 e. The molecule has 0 aromatic heterocycles. The number of guanidine groups is 1. The number of likely N-dealkylation sites (tertiary alicyclic amines) is 1. The summed E-state index contributed by atoms with van der Waals surface area (Å²) in [6.45, 7) is 4.13. The van der Waals surface area contributed by atoms with E-state index in [-0.39, 0.29) is 17.7 Å². The van der Waals surface area contributed by atoms with Crippen LogP contribution in [0.25, 0.3) is 0 Å². The Hall–Kier alpha value is -2.37. The average Bonchev–Trinajstić information content (AvgIpc) is 3.18. The van der Waals surface area contributed by atoms with Crippen molar-refractivity contribution in [1.29, 1.82) is 0 Å². The lowest BCUT2D eigenvalue weighted by Crippen LogP contribution is -2.49. The van der Waals surface area contributed by atoms with Gasteiger partial charge in [-0.2, -0.15) is 0 Å². The highest BCUT2D eigenvalue weighted by molar-refractivity contribution is 6.06. The zero-order valence-corrected chi connectivity index (χ0v) is 23.5. The molecule has 38 heavy (non-hydrogen) atoms. The monoisotopic (exact) mass is 520 g/mol. The summed E-state index contributed by atoms with van der Waals surface area (Å²) in [7, 11) is 0. The summed E-state index contributed by atoms with van der Waals surface area (Å²) in [5.41, 5.74) is 6.97. The lowest BCUT2D eigenvalue weighted by molar-refractivity contribution is -0.136. The predicted molar refractivity (Wildman–Crippen MR) is 153 cm³/mol. The number of benzene rings is 1. The molecule has 2 heterocycles. The second-order valence-electron chi connectivity index (χ2n) is 12.7. The maximum atomic E-state index is 14.1. The summed E-state index contributed by atoms with van der Waals surface area (Å²) >= 11 is 0. The number of carbonyl (C=O) groups is 2. The Kier molecular flexibility index (Phi) is 8.74. The van der Waals surface area contributed by atoms with E-state index in [4.69, 9.17) is 10.7 Å². The molecule has 1 aromatic carbocycles. The number of carbonyl (C=O) groups excluding carboxylic acids is 2. The van der Waals surface area contributed by atoms with Gasteiger partial charge in [-0.05, 0) is 55.9 Å².